The summed E-state index contributed by atoms with van der Waals surface area (Å²) in [5.41, 5.74) is 0.0949. The number of thiophene rings is 1. The van der Waals surface area contributed by atoms with E-state index in [1.54, 1.807) is 18.4 Å². The number of nitrogens with zero attached hydrogens (tertiary/aromatic N) is 2. The molecular formula is C26H30ClN3O7S3. The molecule has 14 heteroatoms. The lowest BCUT2D eigenvalue weighted by molar-refractivity contribution is 0.0389. The zero-order chi connectivity index (χ0) is 29.2. The number of hydrogen-bond acceptors (Lipinski definition) is 8. The van der Waals surface area contributed by atoms with Crippen LogP contribution in [-0.4, -0.2) is 75.9 Å². The molecule has 0 saturated carbocycles. The van der Waals surface area contributed by atoms with E-state index in [1.807, 2.05) is 6.92 Å². The summed E-state index contributed by atoms with van der Waals surface area (Å²) in [7, 11) is -6.47. The number of aliphatic hydroxyl groups is 1. The molecule has 1 aliphatic heterocycles. The van der Waals surface area contributed by atoms with Crippen LogP contribution in [0.2, 0.25) is 5.02 Å². The number of anilines is 1. The Hall–Kier alpha value is -2.68. The van der Waals surface area contributed by atoms with Crippen LogP contribution >= 0.6 is 22.9 Å². The predicted octanol–water partition coefficient (Wildman–Crippen LogP) is 3.74. The fraction of sp³-hybridized carbons (Fsp3) is 0.346. The molecule has 1 aromatic heterocycles. The largest absolute Gasteiger partial charge is 0.486 e. The highest BCUT2D eigenvalue weighted by Gasteiger charge is 2.36. The van der Waals surface area contributed by atoms with Crippen LogP contribution in [0.4, 0.5) is 5.69 Å². The van der Waals surface area contributed by atoms with Crippen LogP contribution in [-0.2, 0) is 20.0 Å². The van der Waals surface area contributed by atoms with Gasteiger partial charge in [0.05, 0.1) is 35.3 Å². The number of halogens is 1. The number of nitrogens with one attached hydrogen (secondary N) is 1. The van der Waals surface area contributed by atoms with Gasteiger partial charge in [0.2, 0.25) is 0 Å². The van der Waals surface area contributed by atoms with Gasteiger partial charge in [0.1, 0.15) is 10.3 Å². The average molecular weight is 628 g/mol. The maximum absolute atomic E-state index is 13.6. The molecule has 40 heavy (non-hydrogen) atoms. The molecule has 0 radical (unpaired) electrons. The van der Waals surface area contributed by atoms with Gasteiger partial charge >= 0.3 is 0 Å². The van der Waals surface area contributed by atoms with E-state index in [-0.39, 0.29) is 45.8 Å². The number of likely N-dealkylation sites (N-methyl/N-ethyl adjacent to an activating group) is 1. The predicted molar refractivity (Wildman–Crippen MR) is 154 cm³/mol. The lowest BCUT2D eigenvalue weighted by Gasteiger charge is -2.38. The Balaban J connectivity index is 1.76. The quantitative estimate of drug-likeness (QED) is 0.369. The van der Waals surface area contributed by atoms with Gasteiger partial charge in [-0.1, -0.05) is 30.7 Å². The third kappa shape index (κ3) is 6.29. The van der Waals surface area contributed by atoms with Crippen LogP contribution in [0.25, 0.3) is 0 Å². The monoisotopic (exact) mass is 627 g/mol. The lowest BCUT2D eigenvalue weighted by Crippen LogP contribution is -2.50. The van der Waals surface area contributed by atoms with Gasteiger partial charge in [-0.2, -0.15) is 4.31 Å². The minimum atomic E-state index is -4.10. The van der Waals surface area contributed by atoms with Crippen LogP contribution in [0.15, 0.2) is 69.1 Å². The van der Waals surface area contributed by atoms with E-state index in [4.69, 9.17) is 16.3 Å². The molecule has 216 valence electrons. The Bertz CT molecular complexity index is 1560. The van der Waals surface area contributed by atoms with Crippen molar-refractivity contribution in [2.45, 2.75) is 35.1 Å². The minimum Gasteiger partial charge on any atom is -0.486 e. The van der Waals surface area contributed by atoms with Gasteiger partial charge in [-0.25, -0.2) is 16.8 Å². The average Bonchev–Trinajstić information content (AvgIpc) is 3.47. The van der Waals surface area contributed by atoms with Crippen molar-refractivity contribution in [1.29, 1.82) is 0 Å². The summed E-state index contributed by atoms with van der Waals surface area (Å²) in [5, 5.41) is 11.9. The SMILES string of the molecule is C[C@H]1CN([C@@H](C)CO)C(=O)c2cccc(NS(=O)(=O)c3ccc(Cl)cc3)c2O[C@@H]1CN(C)S(=O)(=O)c1cccs1. The van der Waals surface area contributed by atoms with Crippen molar-refractivity contribution >= 4 is 54.6 Å². The van der Waals surface area contributed by atoms with Crippen LogP contribution in [0, 0.1) is 5.92 Å². The molecule has 0 unspecified atom stereocenters. The first-order valence-corrected chi connectivity index (χ1v) is 16.5. The molecule has 1 aliphatic rings. The van der Waals surface area contributed by atoms with Gasteiger partial charge in [0, 0.05) is 24.5 Å². The molecule has 2 heterocycles. The van der Waals surface area contributed by atoms with Crippen molar-refractivity contribution in [2.24, 2.45) is 5.92 Å². The molecule has 3 aromatic rings. The highest BCUT2D eigenvalue weighted by atomic mass is 35.5. The fourth-order valence-corrected chi connectivity index (χ4v) is 7.85. The third-order valence-corrected chi connectivity index (χ3v) is 11.5. The Morgan fingerprint density at radius 1 is 1.15 bits per heavy atom. The minimum absolute atomic E-state index is 0.0141. The summed E-state index contributed by atoms with van der Waals surface area (Å²) in [4.78, 5) is 15.1. The van der Waals surface area contributed by atoms with E-state index < -0.39 is 44.0 Å². The number of amides is 1. The van der Waals surface area contributed by atoms with Crippen LogP contribution < -0.4 is 9.46 Å². The summed E-state index contributed by atoms with van der Waals surface area (Å²) in [5.74, 6) is -0.874. The summed E-state index contributed by atoms with van der Waals surface area (Å²) in [6.45, 7) is 3.32. The molecular weight excluding hydrogens is 598 g/mol. The summed E-state index contributed by atoms with van der Waals surface area (Å²) in [6.07, 6.45) is -0.777. The number of fused-ring (bicyclic) bond motifs is 1. The third-order valence-electron chi connectivity index (χ3n) is 6.66. The number of para-hydroxylation sites is 1. The van der Waals surface area contributed by atoms with E-state index in [1.165, 1.54) is 64.8 Å². The molecule has 2 N–H and O–H groups in total. The second-order valence-corrected chi connectivity index (χ2v) is 14.9. The van der Waals surface area contributed by atoms with Crippen molar-refractivity contribution in [3.05, 3.63) is 70.6 Å². The molecule has 0 saturated heterocycles. The number of rotatable bonds is 9. The van der Waals surface area contributed by atoms with Crippen molar-refractivity contribution < 1.29 is 31.5 Å². The maximum atomic E-state index is 13.6. The summed E-state index contributed by atoms with van der Waals surface area (Å²) < 4.78 is 63.0. The zero-order valence-electron chi connectivity index (χ0n) is 22.0. The fourth-order valence-electron chi connectivity index (χ4n) is 4.27. The van der Waals surface area contributed by atoms with E-state index in [2.05, 4.69) is 4.72 Å². The molecule has 10 nitrogen and oxygen atoms in total. The maximum Gasteiger partial charge on any atom is 0.262 e. The Morgan fingerprint density at radius 3 is 2.48 bits per heavy atom. The molecule has 1 amide bonds. The number of hydrogen-bond donors (Lipinski definition) is 2. The summed E-state index contributed by atoms with van der Waals surface area (Å²) >= 11 is 7.01. The zero-order valence-corrected chi connectivity index (χ0v) is 25.2. The number of benzene rings is 2. The van der Waals surface area contributed by atoms with Gasteiger partial charge < -0.3 is 14.7 Å². The van der Waals surface area contributed by atoms with E-state index in [9.17, 15) is 26.7 Å². The molecule has 0 spiro atoms. The van der Waals surface area contributed by atoms with Crippen LogP contribution in [0.5, 0.6) is 5.75 Å². The van der Waals surface area contributed by atoms with Gasteiger partial charge in [-0.15, -0.1) is 11.3 Å². The highest BCUT2D eigenvalue weighted by Crippen LogP contribution is 2.36. The standard InChI is InChI=1S/C26H30ClN3O7S3/c1-17-14-30(18(2)16-31)26(32)21-6-4-7-22(28-39(33,34)20-11-9-19(27)10-12-20)25(21)37-23(17)15-29(3)40(35,36)24-8-5-13-38-24/h4-13,17-18,23,28,31H,14-16H2,1-3H3/t17-,18-,23+/m0/s1. The van der Waals surface area contributed by atoms with Crippen molar-refractivity contribution in [2.75, 3.05) is 31.5 Å². The molecule has 0 bridgehead atoms. The second-order valence-electron chi connectivity index (χ2n) is 9.58. The molecule has 2 aromatic carbocycles. The topological polar surface area (TPSA) is 133 Å². The first-order chi connectivity index (χ1) is 18.8. The van der Waals surface area contributed by atoms with Crippen LogP contribution in [0.1, 0.15) is 24.2 Å². The van der Waals surface area contributed by atoms with E-state index in [0.717, 1.165) is 11.3 Å². The highest BCUT2D eigenvalue weighted by molar-refractivity contribution is 7.92. The number of sulfonamides is 2. The Kier molecular flexibility index (Phi) is 9.12. The van der Waals surface area contributed by atoms with Crippen molar-refractivity contribution in [3.8, 4) is 5.75 Å². The molecule has 0 aliphatic carbocycles. The smallest absolute Gasteiger partial charge is 0.262 e. The Morgan fingerprint density at radius 2 is 1.85 bits per heavy atom. The van der Waals surface area contributed by atoms with E-state index in [0.29, 0.717) is 5.02 Å². The Labute approximate surface area is 243 Å². The normalized spacial score (nSPS) is 18.9. The van der Waals surface area contributed by atoms with E-state index >= 15 is 0 Å². The number of ether oxygens (including phenoxy) is 1. The van der Waals surface area contributed by atoms with Gasteiger partial charge in [0.25, 0.3) is 26.0 Å². The van der Waals surface area contributed by atoms with Gasteiger partial charge in [0.15, 0.2) is 5.75 Å². The number of aliphatic hydroxyl groups excluding tert-OH is 1. The molecule has 3 atom stereocenters. The summed E-state index contributed by atoms with van der Waals surface area (Å²) in [6, 6.07) is 12.7. The van der Waals surface area contributed by atoms with Crippen LogP contribution in [0.3, 0.4) is 0 Å². The van der Waals surface area contributed by atoms with Crippen molar-refractivity contribution in [3.63, 3.8) is 0 Å². The number of carbonyl (C=O) groups is 1. The first kappa shape index (κ1) is 30.3. The number of carbonyl (C=O) groups excluding carboxylic acids is 1. The van der Waals surface area contributed by atoms with Gasteiger partial charge in [-0.05, 0) is 54.8 Å². The lowest BCUT2D eigenvalue weighted by atomic mass is 9.99. The molecule has 0 fully saturated rings. The first-order valence-electron chi connectivity index (χ1n) is 12.3. The molecule has 4 rings (SSSR count). The van der Waals surface area contributed by atoms with Gasteiger partial charge in [-0.3, -0.25) is 9.52 Å². The second kappa shape index (κ2) is 12.0. The van der Waals surface area contributed by atoms with Crippen molar-refractivity contribution in [1.82, 2.24) is 9.21 Å².